The molecule has 0 saturated heterocycles. The van der Waals surface area contributed by atoms with Crippen LogP contribution in [0.25, 0.3) is 27.8 Å². The van der Waals surface area contributed by atoms with E-state index in [1.54, 1.807) is 43.6 Å². The highest BCUT2D eigenvalue weighted by atomic mass is 32.2. The number of thioether (sulfide) groups is 1. The lowest BCUT2D eigenvalue weighted by molar-refractivity contribution is 0.412. The first kappa shape index (κ1) is 21.3. The molecule has 9 heteroatoms. The minimum atomic E-state index is 0.568. The van der Waals surface area contributed by atoms with Gasteiger partial charge in [-0.2, -0.15) is 0 Å². The van der Waals surface area contributed by atoms with Crippen molar-refractivity contribution < 1.29 is 13.9 Å². The number of oxazole rings is 1. The SMILES string of the molecule is COc1ccc(-c2nc(CSc3nnc(-c4cccs4)n3-c3ccccc3OC)co2)cc1. The van der Waals surface area contributed by atoms with Crippen molar-refractivity contribution in [2.24, 2.45) is 0 Å². The van der Waals surface area contributed by atoms with E-state index < -0.39 is 0 Å². The number of rotatable bonds is 8. The number of hydrogen-bond donors (Lipinski definition) is 0. The summed E-state index contributed by atoms with van der Waals surface area (Å²) in [5.41, 5.74) is 2.59. The topological polar surface area (TPSA) is 75.2 Å². The van der Waals surface area contributed by atoms with Gasteiger partial charge in [-0.05, 0) is 47.8 Å². The van der Waals surface area contributed by atoms with Gasteiger partial charge in [0, 0.05) is 11.3 Å². The second kappa shape index (κ2) is 9.51. The maximum Gasteiger partial charge on any atom is 0.226 e. The first-order valence-corrected chi connectivity index (χ1v) is 12.0. The Bertz CT molecular complexity index is 1340. The number of benzene rings is 2. The molecule has 0 fully saturated rings. The van der Waals surface area contributed by atoms with Crippen molar-refractivity contribution in [2.45, 2.75) is 10.9 Å². The van der Waals surface area contributed by atoms with E-state index in [4.69, 9.17) is 13.9 Å². The number of hydrogen-bond acceptors (Lipinski definition) is 8. The third-order valence-corrected chi connectivity index (χ3v) is 6.77. The third-order valence-electron chi connectivity index (χ3n) is 4.94. The average Bonchev–Trinajstić information content (AvgIpc) is 3.63. The normalized spacial score (nSPS) is 11.0. The van der Waals surface area contributed by atoms with Gasteiger partial charge in [0.2, 0.25) is 5.89 Å². The van der Waals surface area contributed by atoms with Gasteiger partial charge in [-0.3, -0.25) is 4.57 Å². The summed E-state index contributed by atoms with van der Waals surface area (Å²) in [7, 11) is 3.31. The van der Waals surface area contributed by atoms with Crippen LogP contribution in [0.15, 0.2) is 81.9 Å². The molecule has 0 radical (unpaired) electrons. The molecule has 0 N–H and O–H groups in total. The van der Waals surface area contributed by atoms with Crippen molar-refractivity contribution in [2.75, 3.05) is 14.2 Å². The van der Waals surface area contributed by atoms with Crippen molar-refractivity contribution in [1.82, 2.24) is 19.7 Å². The fourth-order valence-corrected chi connectivity index (χ4v) is 4.86. The summed E-state index contributed by atoms with van der Waals surface area (Å²) in [4.78, 5) is 5.67. The van der Waals surface area contributed by atoms with Crippen molar-refractivity contribution in [3.05, 3.63) is 78.0 Å². The van der Waals surface area contributed by atoms with E-state index in [1.165, 1.54) is 0 Å². The highest BCUT2D eigenvalue weighted by Gasteiger charge is 2.20. The fourth-order valence-electron chi connectivity index (χ4n) is 3.34. The molecule has 2 aromatic carbocycles. The molecule has 7 nitrogen and oxygen atoms in total. The van der Waals surface area contributed by atoms with Crippen LogP contribution in [0.3, 0.4) is 0 Å². The van der Waals surface area contributed by atoms with Crippen LogP contribution in [0, 0.1) is 0 Å². The molecule has 166 valence electrons. The van der Waals surface area contributed by atoms with E-state index in [9.17, 15) is 0 Å². The summed E-state index contributed by atoms with van der Waals surface area (Å²) in [5, 5.41) is 11.7. The molecule has 3 aromatic heterocycles. The maximum absolute atomic E-state index is 5.70. The molecule has 0 aliphatic heterocycles. The van der Waals surface area contributed by atoms with E-state index in [0.717, 1.165) is 44.3 Å². The Labute approximate surface area is 199 Å². The van der Waals surface area contributed by atoms with E-state index >= 15 is 0 Å². The van der Waals surface area contributed by atoms with Crippen LogP contribution in [0.4, 0.5) is 0 Å². The Hall–Kier alpha value is -3.56. The fraction of sp³-hybridized carbons (Fsp3) is 0.125. The van der Waals surface area contributed by atoms with Gasteiger partial charge < -0.3 is 13.9 Å². The van der Waals surface area contributed by atoms with Crippen LogP contribution >= 0.6 is 23.1 Å². The molecule has 3 heterocycles. The lowest BCUT2D eigenvalue weighted by Gasteiger charge is -2.13. The maximum atomic E-state index is 5.70. The largest absolute Gasteiger partial charge is 0.497 e. The van der Waals surface area contributed by atoms with E-state index in [-0.39, 0.29) is 0 Å². The van der Waals surface area contributed by atoms with Crippen LogP contribution in [0.1, 0.15) is 5.69 Å². The van der Waals surface area contributed by atoms with Gasteiger partial charge >= 0.3 is 0 Å². The third kappa shape index (κ3) is 4.37. The van der Waals surface area contributed by atoms with Crippen molar-refractivity contribution >= 4 is 23.1 Å². The summed E-state index contributed by atoms with van der Waals surface area (Å²) < 4.78 is 18.6. The lowest BCUT2D eigenvalue weighted by Crippen LogP contribution is -2.01. The monoisotopic (exact) mass is 476 g/mol. The second-order valence-electron chi connectivity index (χ2n) is 6.95. The minimum Gasteiger partial charge on any atom is -0.497 e. The quantitative estimate of drug-likeness (QED) is 0.256. The Kier molecular flexibility index (Phi) is 6.14. The predicted molar refractivity (Wildman–Crippen MR) is 129 cm³/mol. The first-order chi connectivity index (χ1) is 16.3. The van der Waals surface area contributed by atoms with Crippen molar-refractivity contribution in [1.29, 1.82) is 0 Å². The number of thiophene rings is 1. The lowest BCUT2D eigenvalue weighted by atomic mass is 10.2. The standard InChI is InChI=1S/C24H20N4O3S2/c1-29-18-11-9-16(10-12-18)23-25-17(14-31-23)15-33-24-27-26-22(21-8-5-13-32-21)28(24)19-6-3-4-7-20(19)30-2/h3-14H,15H2,1-2H3. The number of methoxy groups -OCH3 is 2. The molecule has 5 rings (SSSR count). The van der Waals surface area contributed by atoms with Crippen LogP contribution in [-0.2, 0) is 5.75 Å². The molecule has 0 unspecified atom stereocenters. The van der Waals surface area contributed by atoms with Gasteiger partial charge in [-0.15, -0.1) is 21.5 Å². The Morgan fingerprint density at radius 3 is 2.58 bits per heavy atom. The Morgan fingerprint density at radius 1 is 0.970 bits per heavy atom. The highest BCUT2D eigenvalue weighted by molar-refractivity contribution is 7.98. The Balaban J connectivity index is 1.43. The van der Waals surface area contributed by atoms with Crippen LogP contribution in [0.5, 0.6) is 11.5 Å². The molecule has 0 bridgehead atoms. The van der Waals surface area contributed by atoms with E-state index in [0.29, 0.717) is 11.6 Å². The summed E-state index contributed by atoms with van der Waals surface area (Å²) in [6.45, 7) is 0. The molecule has 0 saturated carbocycles. The van der Waals surface area contributed by atoms with E-state index in [2.05, 4.69) is 15.2 Å². The number of nitrogens with zero attached hydrogens (tertiary/aromatic N) is 4. The molecule has 5 aromatic rings. The van der Waals surface area contributed by atoms with Crippen LogP contribution in [0.2, 0.25) is 0 Å². The number of aromatic nitrogens is 4. The van der Waals surface area contributed by atoms with Gasteiger partial charge in [0.05, 0.1) is 30.5 Å². The van der Waals surface area contributed by atoms with Crippen LogP contribution in [-0.4, -0.2) is 34.0 Å². The molecule has 0 spiro atoms. The zero-order chi connectivity index (χ0) is 22.6. The summed E-state index contributed by atoms with van der Waals surface area (Å²) in [5.74, 6) is 3.46. The second-order valence-corrected chi connectivity index (χ2v) is 8.84. The molecule has 33 heavy (non-hydrogen) atoms. The van der Waals surface area contributed by atoms with Gasteiger partial charge in [0.1, 0.15) is 17.8 Å². The van der Waals surface area contributed by atoms with E-state index in [1.807, 2.05) is 70.6 Å². The molecular weight excluding hydrogens is 456 g/mol. The first-order valence-electron chi connectivity index (χ1n) is 10.1. The van der Waals surface area contributed by atoms with Gasteiger partial charge in [-0.1, -0.05) is 30.0 Å². The van der Waals surface area contributed by atoms with Gasteiger partial charge in [0.15, 0.2) is 11.0 Å². The summed E-state index contributed by atoms with van der Waals surface area (Å²) in [6, 6.07) is 19.5. The molecular formula is C24H20N4O3S2. The zero-order valence-electron chi connectivity index (χ0n) is 18.0. The number of para-hydroxylation sites is 2. The molecule has 0 atom stereocenters. The van der Waals surface area contributed by atoms with Gasteiger partial charge in [-0.25, -0.2) is 4.98 Å². The smallest absolute Gasteiger partial charge is 0.226 e. The molecule has 0 aliphatic carbocycles. The molecule has 0 amide bonds. The zero-order valence-corrected chi connectivity index (χ0v) is 19.6. The van der Waals surface area contributed by atoms with Crippen molar-refractivity contribution in [3.63, 3.8) is 0 Å². The highest BCUT2D eigenvalue weighted by Crippen LogP contribution is 2.35. The summed E-state index contributed by atoms with van der Waals surface area (Å²) in [6.07, 6.45) is 1.68. The Morgan fingerprint density at radius 2 is 1.82 bits per heavy atom. The number of ether oxygens (including phenoxy) is 2. The minimum absolute atomic E-state index is 0.568. The van der Waals surface area contributed by atoms with Crippen LogP contribution < -0.4 is 9.47 Å². The summed E-state index contributed by atoms with van der Waals surface area (Å²) >= 11 is 3.16. The average molecular weight is 477 g/mol. The molecule has 0 aliphatic rings. The van der Waals surface area contributed by atoms with Gasteiger partial charge in [0.25, 0.3) is 0 Å². The van der Waals surface area contributed by atoms with Crippen molar-refractivity contribution in [3.8, 4) is 39.3 Å². The predicted octanol–water partition coefficient (Wildman–Crippen LogP) is 5.96.